The SMILES string of the molecule is NCCN1CCC(NC(=O)Nc2ccc(F)cc2F)CC1. The van der Waals surface area contributed by atoms with Crippen LogP contribution in [0.25, 0.3) is 0 Å². The Kier molecular flexibility index (Phi) is 5.46. The van der Waals surface area contributed by atoms with Gasteiger partial charge in [0, 0.05) is 38.3 Å². The van der Waals surface area contributed by atoms with E-state index >= 15 is 0 Å². The van der Waals surface area contributed by atoms with Crippen LogP contribution in [0.5, 0.6) is 0 Å². The molecule has 0 aliphatic carbocycles. The van der Waals surface area contributed by atoms with Crippen molar-refractivity contribution in [3.8, 4) is 0 Å². The maximum Gasteiger partial charge on any atom is 0.319 e. The molecule has 1 aliphatic rings. The van der Waals surface area contributed by atoms with Crippen molar-refractivity contribution in [2.24, 2.45) is 5.73 Å². The Morgan fingerprint density at radius 3 is 2.67 bits per heavy atom. The highest BCUT2D eigenvalue weighted by atomic mass is 19.1. The van der Waals surface area contributed by atoms with Gasteiger partial charge in [0.05, 0.1) is 5.69 Å². The second-order valence-electron chi connectivity index (χ2n) is 5.13. The summed E-state index contributed by atoms with van der Waals surface area (Å²) < 4.78 is 26.2. The number of hydrogen-bond acceptors (Lipinski definition) is 3. The molecule has 0 spiro atoms. The average Bonchev–Trinajstić information content (AvgIpc) is 2.44. The first-order valence-electron chi connectivity index (χ1n) is 7.03. The van der Waals surface area contributed by atoms with Crippen molar-refractivity contribution in [1.82, 2.24) is 10.2 Å². The van der Waals surface area contributed by atoms with Crippen molar-refractivity contribution in [3.05, 3.63) is 29.8 Å². The minimum atomic E-state index is -0.789. The molecule has 1 aromatic rings. The zero-order valence-corrected chi connectivity index (χ0v) is 11.7. The lowest BCUT2D eigenvalue weighted by Crippen LogP contribution is -2.46. The molecule has 1 saturated heterocycles. The van der Waals surface area contributed by atoms with Gasteiger partial charge in [-0.1, -0.05) is 0 Å². The Bertz CT molecular complexity index is 490. The zero-order chi connectivity index (χ0) is 15.2. The summed E-state index contributed by atoms with van der Waals surface area (Å²) in [7, 11) is 0. The molecule has 2 rings (SSSR count). The van der Waals surface area contributed by atoms with Gasteiger partial charge in [-0.05, 0) is 25.0 Å². The highest BCUT2D eigenvalue weighted by molar-refractivity contribution is 5.89. The van der Waals surface area contributed by atoms with Gasteiger partial charge in [-0.15, -0.1) is 0 Å². The third-order valence-electron chi connectivity index (χ3n) is 3.55. The topological polar surface area (TPSA) is 70.4 Å². The van der Waals surface area contributed by atoms with Gasteiger partial charge in [0.25, 0.3) is 0 Å². The lowest BCUT2D eigenvalue weighted by atomic mass is 10.1. The second kappa shape index (κ2) is 7.33. The lowest BCUT2D eigenvalue weighted by molar-refractivity contribution is 0.200. The van der Waals surface area contributed by atoms with E-state index in [1.165, 1.54) is 6.07 Å². The Labute approximate surface area is 122 Å². The molecular formula is C14H20F2N4O. The first kappa shape index (κ1) is 15.7. The predicted octanol–water partition coefficient (Wildman–Crippen LogP) is 1.51. The fraction of sp³-hybridized carbons (Fsp3) is 0.500. The Morgan fingerprint density at radius 1 is 1.33 bits per heavy atom. The van der Waals surface area contributed by atoms with E-state index in [1.807, 2.05) is 0 Å². The largest absolute Gasteiger partial charge is 0.335 e. The number of halogens is 2. The molecule has 2 amide bonds. The van der Waals surface area contributed by atoms with Crippen LogP contribution in [-0.2, 0) is 0 Å². The first-order chi connectivity index (χ1) is 10.1. The number of amides is 2. The Hall–Kier alpha value is -1.73. The second-order valence-corrected chi connectivity index (χ2v) is 5.13. The van der Waals surface area contributed by atoms with Crippen molar-refractivity contribution in [1.29, 1.82) is 0 Å². The van der Waals surface area contributed by atoms with Crippen LogP contribution in [0.3, 0.4) is 0 Å². The number of carbonyl (C=O) groups excluding carboxylic acids is 1. The first-order valence-corrected chi connectivity index (χ1v) is 7.03. The van der Waals surface area contributed by atoms with E-state index in [9.17, 15) is 13.6 Å². The number of anilines is 1. The van der Waals surface area contributed by atoms with E-state index in [4.69, 9.17) is 5.73 Å². The minimum Gasteiger partial charge on any atom is -0.335 e. The van der Waals surface area contributed by atoms with E-state index in [0.29, 0.717) is 6.54 Å². The van der Waals surface area contributed by atoms with Crippen LogP contribution in [0.4, 0.5) is 19.3 Å². The molecule has 1 aliphatic heterocycles. The molecule has 1 heterocycles. The summed E-state index contributed by atoms with van der Waals surface area (Å²) >= 11 is 0. The van der Waals surface area contributed by atoms with Gasteiger partial charge in [0.15, 0.2) is 0 Å². The van der Waals surface area contributed by atoms with E-state index in [0.717, 1.165) is 44.6 Å². The smallest absolute Gasteiger partial charge is 0.319 e. The number of likely N-dealkylation sites (tertiary alicyclic amines) is 1. The van der Waals surface area contributed by atoms with E-state index in [-0.39, 0.29) is 11.7 Å². The highest BCUT2D eigenvalue weighted by Crippen LogP contribution is 2.15. The van der Waals surface area contributed by atoms with Gasteiger partial charge in [-0.25, -0.2) is 13.6 Å². The monoisotopic (exact) mass is 298 g/mol. The number of nitrogens with one attached hydrogen (secondary N) is 2. The number of piperidine rings is 1. The summed E-state index contributed by atoms with van der Waals surface area (Å²) in [5.74, 6) is -1.46. The molecular weight excluding hydrogens is 278 g/mol. The summed E-state index contributed by atoms with van der Waals surface area (Å²) in [5, 5.41) is 5.20. The third kappa shape index (κ3) is 4.64. The average molecular weight is 298 g/mol. The molecule has 5 nitrogen and oxygen atoms in total. The summed E-state index contributed by atoms with van der Waals surface area (Å²) in [5.41, 5.74) is 5.47. The molecule has 0 saturated carbocycles. The summed E-state index contributed by atoms with van der Waals surface area (Å²) in [6.07, 6.45) is 1.67. The molecule has 0 bridgehead atoms. The molecule has 7 heteroatoms. The summed E-state index contributed by atoms with van der Waals surface area (Å²) in [6, 6.07) is 2.62. The van der Waals surface area contributed by atoms with E-state index in [1.54, 1.807) is 0 Å². The molecule has 116 valence electrons. The van der Waals surface area contributed by atoms with Gasteiger partial charge >= 0.3 is 6.03 Å². The number of carbonyl (C=O) groups is 1. The molecule has 1 aromatic carbocycles. The fourth-order valence-corrected chi connectivity index (χ4v) is 2.42. The number of urea groups is 1. The van der Waals surface area contributed by atoms with Crippen LogP contribution >= 0.6 is 0 Å². The third-order valence-corrected chi connectivity index (χ3v) is 3.55. The van der Waals surface area contributed by atoms with Gasteiger partial charge in [0.2, 0.25) is 0 Å². The van der Waals surface area contributed by atoms with E-state index in [2.05, 4.69) is 15.5 Å². The number of rotatable bonds is 4. The van der Waals surface area contributed by atoms with Crippen LogP contribution in [0.15, 0.2) is 18.2 Å². The molecule has 1 fully saturated rings. The van der Waals surface area contributed by atoms with Gasteiger partial charge in [0.1, 0.15) is 11.6 Å². The van der Waals surface area contributed by atoms with Crippen molar-refractivity contribution in [2.45, 2.75) is 18.9 Å². The fourth-order valence-electron chi connectivity index (χ4n) is 2.42. The van der Waals surface area contributed by atoms with Gasteiger partial charge < -0.3 is 21.3 Å². The molecule has 4 N–H and O–H groups in total. The van der Waals surface area contributed by atoms with Crippen LogP contribution in [0, 0.1) is 11.6 Å². The van der Waals surface area contributed by atoms with Crippen LogP contribution in [-0.4, -0.2) is 43.2 Å². The normalized spacial score (nSPS) is 16.7. The van der Waals surface area contributed by atoms with Crippen LogP contribution < -0.4 is 16.4 Å². The number of hydrogen-bond donors (Lipinski definition) is 3. The lowest BCUT2D eigenvalue weighted by Gasteiger charge is -2.31. The molecule has 0 radical (unpaired) electrons. The molecule has 0 atom stereocenters. The van der Waals surface area contributed by atoms with Crippen LogP contribution in [0.2, 0.25) is 0 Å². The number of benzene rings is 1. The maximum absolute atomic E-state index is 13.4. The van der Waals surface area contributed by atoms with Crippen molar-refractivity contribution < 1.29 is 13.6 Å². The highest BCUT2D eigenvalue weighted by Gasteiger charge is 2.20. The van der Waals surface area contributed by atoms with Gasteiger partial charge in [-0.3, -0.25) is 0 Å². The van der Waals surface area contributed by atoms with Crippen LogP contribution in [0.1, 0.15) is 12.8 Å². The van der Waals surface area contributed by atoms with Crippen molar-refractivity contribution in [3.63, 3.8) is 0 Å². The maximum atomic E-state index is 13.4. The summed E-state index contributed by atoms with van der Waals surface area (Å²) in [4.78, 5) is 14.1. The quantitative estimate of drug-likeness (QED) is 0.789. The molecule has 21 heavy (non-hydrogen) atoms. The Balaban J connectivity index is 1.80. The Morgan fingerprint density at radius 2 is 2.05 bits per heavy atom. The molecule has 0 unspecified atom stereocenters. The standard InChI is InChI=1S/C14H20F2N4O/c15-10-1-2-13(12(16)9-10)19-14(21)18-11-3-6-20(7-4-11)8-5-17/h1-2,9,11H,3-8,17H2,(H2,18,19,21). The van der Waals surface area contributed by atoms with Crippen molar-refractivity contribution >= 4 is 11.7 Å². The zero-order valence-electron chi connectivity index (χ0n) is 11.7. The van der Waals surface area contributed by atoms with Gasteiger partial charge in [-0.2, -0.15) is 0 Å². The minimum absolute atomic E-state index is 0.0329. The predicted molar refractivity (Wildman–Crippen MR) is 77.0 cm³/mol. The number of nitrogens with two attached hydrogens (primary N) is 1. The van der Waals surface area contributed by atoms with E-state index < -0.39 is 17.7 Å². The number of nitrogens with zero attached hydrogens (tertiary/aromatic N) is 1. The van der Waals surface area contributed by atoms with Crippen molar-refractivity contribution in [2.75, 3.05) is 31.5 Å². The summed E-state index contributed by atoms with van der Waals surface area (Å²) in [6.45, 7) is 3.25. The molecule has 0 aromatic heterocycles.